The second kappa shape index (κ2) is 9.66. The van der Waals surface area contributed by atoms with Crippen LogP contribution < -0.4 is 0 Å². The third kappa shape index (κ3) is 4.50. The molecule has 1 unspecified atom stereocenters. The second-order valence-corrected chi connectivity index (χ2v) is 8.52. The average molecular weight is 413 g/mol. The van der Waals surface area contributed by atoms with Crippen molar-refractivity contribution in [2.75, 3.05) is 0 Å². The molecule has 0 aliphatic carbocycles. The normalized spacial score (nSPS) is 12.0. The number of hydrogen-bond donors (Lipinski definition) is 0. The van der Waals surface area contributed by atoms with Gasteiger partial charge in [0.1, 0.15) is 0 Å². The summed E-state index contributed by atoms with van der Waals surface area (Å²) in [6, 6.07) is 46.2. The minimum Gasteiger partial charge on any atom is -0.0622 e. The number of benzene rings is 5. The van der Waals surface area contributed by atoms with Gasteiger partial charge in [-0.3, -0.25) is 0 Å². The van der Waals surface area contributed by atoms with Crippen LogP contribution >= 0.6 is 0 Å². The molecule has 0 nitrogen and oxygen atoms in total. The van der Waals surface area contributed by atoms with Crippen molar-refractivity contribution >= 4 is 10.8 Å². The highest BCUT2D eigenvalue weighted by atomic mass is 14.2. The minimum absolute atomic E-state index is 0.442. The van der Waals surface area contributed by atoms with E-state index in [1.54, 1.807) is 0 Å². The van der Waals surface area contributed by atoms with Gasteiger partial charge in [-0.1, -0.05) is 127 Å². The minimum atomic E-state index is 0.442. The highest BCUT2D eigenvalue weighted by Gasteiger charge is 2.18. The third-order valence-corrected chi connectivity index (χ3v) is 6.46. The molecule has 5 aromatic rings. The van der Waals surface area contributed by atoms with Crippen LogP contribution in [0.15, 0.2) is 127 Å². The Morgan fingerprint density at radius 3 is 2.03 bits per heavy atom. The van der Waals surface area contributed by atoms with Crippen LogP contribution in [0.2, 0.25) is 0 Å². The van der Waals surface area contributed by atoms with E-state index in [9.17, 15) is 0 Å². The molecule has 156 valence electrons. The Morgan fingerprint density at radius 2 is 1.19 bits per heavy atom. The van der Waals surface area contributed by atoms with Gasteiger partial charge in [0, 0.05) is 0 Å². The average Bonchev–Trinajstić information content (AvgIpc) is 2.88. The Bertz CT molecular complexity index is 1280. The summed E-state index contributed by atoms with van der Waals surface area (Å²) in [5, 5.41) is 2.69. The van der Waals surface area contributed by atoms with Crippen molar-refractivity contribution in [2.45, 2.75) is 25.2 Å². The maximum atomic E-state index is 2.34. The standard InChI is InChI=1S/C32H28/c1-3-12-25(13-4-1)22-23-29(24-28-18-11-17-26-16-7-8-19-30(26)28)32-21-10-9-20-31(32)27-14-5-2-6-15-27/h1-21,29H,22-24H2. The monoisotopic (exact) mass is 412 g/mol. The highest BCUT2D eigenvalue weighted by Crippen LogP contribution is 2.35. The van der Waals surface area contributed by atoms with Crippen molar-refractivity contribution in [1.29, 1.82) is 0 Å². The van der Waals surface area contributed by atoms with Crippen LogP contribution in [0.5, 0.6) is 0 Å². The predicted octanol–water partition coefficient (Wildman–Crippen LogP) is 8.47. The molecule has 0 fully saturated rings. The first-order chi connectivity index (χ1) is 15.9. The van der Waals surface area contributed by atoms with Crippen molar-refractivity contribution in [1.82, 2.24) is 0 Å². The summed E-state index contributed by atoms with van der Waals surface area (Å²) in [6.45, 7) is 0. The van der Waals surface area contributed by atoms with Crippen molar-refractivity contribution in [3.63, 3.8) is 0 Å². The lowest BCUT2D eigenvalue weighted by Gasteiger charge is -2.22. The van der Waals surface area contributed by atoms with Crippen LogP contribution in [0.4, 0.5) is 0 Å². The molecule has 5 rings (SSSR count). The molecule has 0 bridgehead atoms. The first-order valence-electron chi connectivity index (χ1n) is 11.5. The van der Waals surface area contributed by atoms with E-state index in [1.165, 1.54) is 38.6 Å². The molecular formula is C32H28. The van der Waals surface area contributed by atoms with Crippen LogP contribution in [0.1, 0.15) is 29.0 Å². The topological polar surface area (TPSA) is 0 Å². The van der Waals surface area contributed by atoms with Crippen molar-refractivity contribution < 1.29 is 0 Å². The Balaban J connectivity index is 1.55. The van der Waals surface area contributed by atoms with Gasteiger partial charge in [0.05, 0.1) is 0 Å². The van der Waals surface area contributed by atoms with Gasteiger partial charge in [0.15, 0.2) is 0 Å². The number of aryl methyl sites for hydroxylation is 1. The summed E-state index contributed by atoms with van der Waals surface area (Å²) in [6.07, 6.45) is 3.24. The molecule has 0 heterocycles. The van der Waals surface area contributed by atoms with Gasteiger partial charge in [0.25, 0.3) is 0 Å². The molecule has 0 saturated carbocycles. The molecule has 5 aromatic carbocycles. The molecular weight excluding hydrogens is 384 g/mol. The lowest BCUT2D eigenvalue weighted by molar-refractivity contribution is 0.624. The van der Waals surface area contributed by atoms with Crippen LogP contribution in [0.3, 0.4) is 0 Å². The lowest BCUT2D eigenvalue weighted by Crippen LogP contribution is -2.07. The van der Waals surface area contributed by atoms with Crippen LogP contribution in [0, 0.1) is 0 Å². The first kappa shape index (κ1) is 20.3. The van der Waals surface area contributed by atoms with Crippen LogP contribution in [-0.4, -0.2) is 0 Å². The summed E-state index contributed by atoms with van der Waals surface area (Å²) in [7, 11) is 0. The molecule has 1 atom stereocenters. The molecule has 0 aliphatic rings. The van der Waals surface area contributed by atoms with Crippen LogP contribution in [-0.2, 0) is 12.8 Å². The van der Waals surface area contributed by atoms with Gasteiger partial charge in [-0.15, -0.1) is 0 Å². The Morgan fingerprint density at radius 1 is 0.531 bits per heavy atom. The Labute approximate surface area is 191 Å². The molecule has 0 amide bonds. The number of fused-ring (bicyclic) bond motifs is 1. The lowest BCUT2D eigenvalue weighted by atomic mass is 9.82. The first-order valence-corrected chi connectivity index (χ1v) is 11.5. The fourth-order valence-electron chi connectivity index (χ4n) is 4.82. The van der Waals surface area contributed by atoms with Gasteiger partial charge in [-0.25, -0.2) is 0 Å². The molecule has 0 spiro atoms. The molecule has 0 radical (unpaired) electrons. The van der Waals surface area contributed by atoms with Gasteiger partial charge in [0.2, 0.25) is 0 Å². The summed E-state index contributed by atoms with van der Waals surface area (Å²) in [5.41, 5.74) is 6.94. The fourth-order valence-corrected chi connectivity index (χ4v) is 4.82. The third-order valence-electron chi connectivity index (χ3n) is 6.46. The Hall–Kier alpha value is -3.64. The molecule has 0 heteroatoms. The van der Waals surface area contributed by atoms with E-state index in [0.717, 1.165) is 19.3 Å². The summed E-state index contributed by atoms with van der Waals surface area (Å²) < 4.78 is 0. The number of hydrogen-bond acceptors (Lipinski definition) is 0. The Kier molecular flexibility index (Phi) is 6.12. The van der Waals surface area contributed by atoms with E-state index in [0.29, 0.717) is 5.92 Å². The molecule has 0 aromatic heterocycles. The largest absolute Gasteiger partial charge is 0.0622 e. The maximum Gasteiger partial charge on any atom is -0.0112 e. The van der Waals surface area contributed by atoms with Crippen LogP contribution in [0.25, 0.3) is 21.9 Å². The molecule has 0 saturated heterocycles. The quantitative estimate of drug-likeness (QED) is 0.251. The van der Waals surface area contributed by atoms with E-state index in [4.69, 9.17) is 0 Å². The van der Waals surface area contributed by atoms with E-state index < -0.39 is 0 Å². The van der Waals surface area contributed by atoms with Gasteiger partial charge in [-0.2, -0.15) is 0 Å². The summed E-state index contributed by atoms with van der Waals surface area (Å²) >= 11 is 0. The molecule has 0 aliphatic heterocycles. The van der Waals surface area contributed by atoms with Crippen molar-refractivity contribution in [3.05, 3.63) is 144 Å². The fraction of sp³-hybridized carbons (Fsp3) is 0.125. The predicted molar refractivity (Wildman–Crippen MR) is 137 cm³/mol. The van der Waals surface area contributed by atoms with Crippen molar-refractivity contribution in [3.8, 4) is 11.1 Å². The molecule has 0 N–H and O–H groups in total. The summed E-state index contributed by atoms with van der Waals surface area (Å²) in [4.78, 5) is 0. The zero-order valence-corrected chi connectivity index (χ0v) is 18.3. The van der Waals surface area contributed by atoms with E-state index in [-0.39, 0.29) is 0 Å². The van der Waals surface area contributed by atoms with Gasteiger partial charge >= 0.3 is 0 Å². The zero-order valence-electron chi connectivity index (χ0n) is 18.3. The van der Waals surface area contributed by atoms with Crippen molar-refractivity contribution in [2.24, 2.45) is 0 Å². The smallest absolute Gasteiger partial charge is 0.0112 e. The van der Waals surface area contributed by atoms with Gasteiger partial charge < -0.3 is 0 Å². The SMILES string of the molecule is c1ccc(CCC(Cc2cccc3ccccc23)c2ccccc2-c2ccccc2)cc1. The molecule has 32 heavy (non-hydrogen) atoms. The van der Waals surface area contributed by atoms with E-state index in [1.807, 2.05) is 0 Å². The second-order valence-electron chi connectivity index (χ2n) is 8.52. The zero-order chi connectivity index (χ0) is 21.6. The summed E-state index contributed by atoms with van der Waals surface area (Å²) in [5.74, 6) is 0.442. The van der Waals surface area contributed by atoms with E-state index in [2.05, 4.69) is 127 Å². The van der Waals surface area contributed by atoms with E-state index >= 15 is 0 Å². The number of rotatable bonds is 7. The maximum absolute atomic E-state index is 2.34. The van der Waals surface area contributed by atoms with Gasteiger partial charge in [-0.05, 0) is 63.8 Å². The highest BCUT2D eigenvalue weighted by molar-refractivity contribution is 5.85.